The van der Waals surface area contributed by atoms with Crippen molar-refractivity contribution in [2.45, 2.75) is 39.2 Å². The van der Waals surface area contributed by atoms with Gasteiger partial charge in [0.1, 0.15) is 6.04 Å². The lowest BCUT2D eigenvalue weighted by Crippen LogP contribution is -2.50. The molecule has 0 aromatic heterocycles. The van der Waals surface area contributed by atoms with Crippen LogP contribution in [0.1, 0.15) is 54.6 Å². The molecule has 1 aliphatic rings. The topological polar surface area (TPSA) is 137 Å². The monoisotopic (exact) mass is 517 g/mol. The summed E-state index contributed by atoms with van der Waals surface area (Å²) < 4.78 is 0. The van der Waals surface area contributed by atoms with Gasteiger partial charge in [-0.1, -0.05) is 32.1 Å². The zero-order chi connectivity index (χ0) is 26.5. The molecule has 0 saturated carbocycles. The van der Waals surface area contributed by atoms with E-state index in [1.807, 2.05) is 24.3 Å². The second kappa shape index (κ2) is 15.9. The van der Waals surface area contributed by atoms with Crippen LogP contribution in [0.15, 0.2) is 48.5 Å². The number of nitrogens with two attached hydrogens (primary N) is 1. The molecule has 2 aromatic rings. The minimum Gasteiger partial charge on any atom is -0.339 e. The van der Waals surface area contributed by atoms with Gasteiger partial charge in [0.05, 0.1) is 6.54 Å². The van der Waals surface area contributed by atoms with Crippen molar-refractivity contribution < 1.29 is 19.6 Å². The van der Waals surface area contributed by atoms with E-state index in [2.05, 4.69) is 39.2 Å². The average Bonchev–Trinajstić information content (AvgIpc) is 3.19. The van der Waals surface area contributed by atoms with Crippen molar-refractivity contribution in [3.8, 4) is 23.7 Å². The Morgan fingerprint density at radius 1 is 0.895 bits per heavy atom. The van der Waals surface area contributed by atoms with Gasteiger partial charge >= 0.3 is 0 Å². The van der Waals surface area contributed by atoms with E-state index < -0.39 is 17.9 Å². The van der Waals surface area contributed by atoms with Crippen molar-refractivity contribution in [3.63, 3.8) is 0 Å². The number of rotatable bonds is 7. The molecule has 200 valence electrons. The molecule has 1 atom stereocenters. The molecule has 1 heterocycles. The van der Waals surface area contributed by atoms with Gasteiger partial charge in [0, 0.05) is 28.9 Å². The molecule has 38 heavy (non-hydrogen) atoms. The highest BCUT2D eigenvalue weighted by Crippen LogP contribution is 2.11. The van der Waals surface area contributed by atoms with Crippen LogP contribution in [-0.4, -0.2) is 60.0 Å². The van der Waals surface area contributed by atoms with E-state index in [0.29, 0.717) is 17.7 Å². The van der Waals surface area contributed by atoms with E-state index in [0.717, 1.165) is 37.2 Å². The average molecular weight is 518 g/mol. The summed E-state index contributed by atoms with van der Waals surface area (Å²) in [5.74, 6) is 10.1. The maximum absolute atomic E-state index is 12.3. The van der Waals surface area contributed by atoms with Crippen molar-refractivity contribution in [2.24, 2.45) is 5.73 Å². The molecular weight excluding hydrogens is 482 g/mol. The van der Waals surface area contributed by atoms with Gasteiger partial charge in [-0.2, -0.15) is 0 Å². The Morgan fingerprint density at radius 3 is 1.97 bits per heavy atom. The Kier molecular flexibility index (Phi) is 12.5. The van der Waals surface area contributed by atoms with Crippen LogP contribution in [0.25, 0.3) is 0 Å². The molecule has 0 radical (unpaired) electrons. The molecule has 3 rings (SSSR count). The van der Waals surface area contributed by atoms with Crippen LogP contribution in [0.2, 0.25) is 0 Å². The molecule has 0 aliphatic carbocycles. The highest BCUT2D eigenvalue weighted by molar-refractivity contribution is 5.97. The highest BCUT2D eigenvalue weighted by atomic mass is 16.5. The lowest BCUT2D eigenvalue weighted by Gasteiger charge is -2.18. The number of hydrogen-bond donors (Lipinski definition) is 5. The molecule has 0 spiro atoms. The minimum absolute atomic E-state index is 0. The van der Waals surface area contributed by atoms with E-state index in [1.54, 1.807) is 24.3 Å². The van der Waals surface area contributed by atoms with Crippen molar-refractivity contribution >= 4 is 23.4 Å². The second-order valence-electron chi connectivity index (χ2n) is 8.63. The SMILES string of the molecule is C.NC[C@H](NC(=O)c1ccc(C#CC#Cc2ccc(NC(=O)CN3CCCCCC3)cc2)cc1)C(=O)NO. The van der Waals surface area contributed by atoms with E-state index in [1.165, 1.54) is 18.3 Å². The summed E-state index contributed by atoms with van der Waals surface area (Å²) in [4.78, 5) is 38.2. The van der Waals surface area contributed by atoms with E-state index in [-0.39, 0.29) is 19.9 Å². The zero-order valence-corrected chi connectivity index (χ0v) is 20.5. The molecular formula is C29H35N5O4. The molecule has 0 bridgehead atoms. The Labute approximate surface area is 224 Å². The van der Waals surface area contributed by atoms with E-state index in [4.69, 9.17) is 10.9 Å². The summed E-state index contributed by atoms with van der Waals surface area (Å²) in [6.45, 7) is 2.21. The van der Waals surface area contributed by atoms with Crippen LogP contribution in [-0.2, 0) is 9.59 Å². The first kappa shape index (κ1) is 30.1. The minimum atomic E-state index is -1.04. The summed E-state index contributed by atoms with van der Waals surface area (Å²) in [5.41, 5.74) is 9.39. The van der Waals surface area contributed by atoms with Crippen molar-refractivity contribution in [1.82, 2.24) is 15.7 Å². The number of nitrogens with one attached hydrogen (secondary N) is 3. The van der Waals surface area contributed by atoms with Gasteiger partial charge in [-0.15, -0.1) is 0 Å². The van der Waals surface area contributed by atoms with E-state index >= 15 is 0 Å². The number of hydroxylamine groups is 1. The fourth-order valence-corrected chi connectivity index (χ4v) is 3.80. The lowest BCUT2D eigenvalue weighted by atomic mass is 10.1. The number of anilines is 1. The smallest absolute Gasteiger partial charge is 0.267 e. The molecule has 3 amide bonds. The largest absolute Gasteiger partial charge is 0.339 e. The molecule has 2 aromatic carbocycles. The highest BCUT2D eigenvalue weighted by Gasteiger charge is 2.19. The number of benzene rings is 2. The Hall–Kier alpha value is -4.15. The summed E-state index contributed by atoms with van der Waals surface area (Å²) in [6.07, 6.45) is 4.77. The second-order valence-corrected chi connectivity index (χ2v) is 8.63. The molecule has 9 nitrogen and oxygen atoms in total. The van der Waals surface area contributed by atoms with E-state index in [9.17, 15) is 14.4 Å². The van der Waals surface area contributed by atoms with Gasteiger partial charge in [-0.05, 0) is 86.3 Å². The summed E-state index contributed by atoms with van der Waals surface area (Å²) >= 11 is 0. The Bertz CT molecular complexity index is 1200. The van der Waals surface area contributed by atoms with Crippen LogP contribution in [0, 0.1) is 23.7 Å². The molecule has 1 saturated heterocycles. The standard InChI is InChI=1S/C28H31N5O4.CH4/c29-19-25(28(36)32-37)31-27(35)23-13-9-21(10-14-23)7-3-4-8-22-11-15-24(16-12-22)30-26(34)20-33-17-5-1-2-6-18-33;/h9-16,25,37H,1-2,5-6,17-20,29H2,(H,30,34)(H,31,35)(H,32,36);1H4/t25-;/m0./s1. The molecule has 6 N–H and O–H groups in total. The fourth-order valence-electron chi connectivity index (χ4n) is 3.80. The van der Waals surface area contributed by atoms with Gasteiger partial charge in [-0.3, -0.25) is 24.5 Å². The van der Waals surface area contributed by atoms with Crippen LogP contribution >= 0.6 is 0 Å². The third-order valence-electron chi connectivity index (χ3n) is 5.83. The van der Waals surface area contributed by atoms with Gasteiger partial charge < -0.3 is 16.4 Å². The first-order valence-corrected chi connectivity index (χ1v) is 12.2. The quantitative estimate of drug-likeness (QED) is 0.217. The summed E-state index contributed by atoms with van der Waals surface area (Å²) in [7, 11) is 0. The van der Waals surface area contributed by atoms with Crippen molar-refractivity contribution in [1.29, 1.82) is 0 Å². The van der Waals surface area contributed by atoms with Gasteiger partial charge in [-0.25, -0.2) is 5.48 Å². The fraction of sp³-hybridized carbons (Fsp3) is 0.345. The predicted octanol–water partition coefficient (Wildman–Crippen LogP) is 2.10. The zero-order valence-electron chi connectivity index (χ0n) is 20.5. The number of carbonyl (C=O) groups excluding carboxylic acids is 3. The summed E-state index contributed by atoms with van der Waals surface area (Å²) in [6, 6.07) is 12.7. The third-order valence-corrected chi connectivity index (χ3v) is 5.83. The van der Waals surface area contributed by atoms with Gasteiger partial charge in [0.25, 0.3) is 11.8 Å². The molecule has 0 unspecified atom stereocenters. The lowest BCUT2D eigenvalue weighted by molar-refractivity contribution is -0.130. The van der Waals surface area contributed by atoms with Crippen molar-refractivity contribution in [3.05, 3.63) is 65.2 Å². The maximum atomic E-state index is 12.3. The molecule has 1 fully saturated rings. The Morgan fingerprint density at radius 2 is 1.45 bits per heavy atom. The molecule has 9 heteroatoms. The first-order valence-electron chi connectivity index (χ1n) is 12.2. The first-order chi connectivity index (χ1) is 18.0. The number of amides is 3. The van der Waals surface area contributed by atoms with Gasteiger partial charge in [0.2, 0.25) is 5.91 Å². The number of hydrogen-bond acceptors (Lipinski definition) is 6. The number of likely N-dealkylation sites (tertiary alicyclic amines) is 1. The Balaban J connectivity index is 0.00000507. The maximum Gasteiger partial charge on any atom is 0.267 e. The third kappa shape index (κ3) is 9.72. The van der Waals surface area contributed by atoms with Crippen LogP contribution in [0.3, 0.4) is 0 Å². The van der Waals surface area contributed by atoms with Crippen LogP contribution < -0.4 is 21.8 Å². The number of carbonyl (C=O) groups is 3. The normalized spacial score (nSPS) is 13.6. The van der Waals surface area contributed by atoms with Crippen LogP contribution in [0.4, 0.5) is 5.69 Å². The molecule has 1 aliphatic heterocycles. The summed E-state index contributed by atoms with van der Waals surface area (Å²) in [5, 5.41) is 14.1. The predicted molar refractivity (Wildman–Crippen MR) is 147 cm³/mol. The number of nitrogens with zero attached hydrogens (tertiary/aromatic N) is 1. The van der Waals surface area contributed by atoms with Crippen molar-refractivity contribution in [2.75, 3.05) is 31.5 Å². The van der Waals surface area contributed by atoms with Gasteiger partial charge in [0.15, 0.2) is 0 Å². The van der Waals surface area contributed by atoms with Crippen LogP contribution in [0.5, 0.6) is 0 Å².